The predicted molar refractivity (Wildman–Crippen MR) is 46.7 cm³/mol. The Balaban J connectivity index is 2.45. The van der Waals surface area contributed by atoms with Gasteiger partial charge in [0.25, 0.3) is 5.91 Å². The molecule has 12 heavy (non-hydrogen) atoms. The summed E-state index contributed by atoms with van der Waals surface area (Å²) in [6.07, 6.45) is 3.75. The number of hydrogen-bond donors (Lipinski definition) is 1. The minimum atomic E-state index is -0.851. The summed E-state index contributed by atoms with van der Waals surface area (Å²) in [6, 6.07) is 0.368. The van der Waals surface area contributed by atoms with E-state index in [1.54, 1.807) is 11.9 Å². The molecule has 70 valence electrons. The molecule has 0 aliphatic heterocycles. The molecule has 0 bridgehead atoms. The number of rotatable bonds is 2. The molecule has 3 nitrogen and oxygen atoms in total. The molecule has 0 aromatic carbocycles. The fraction of sp³-hybridized carbons (Fsp3) is 0.889. The number of aliphatic hydroxyl groups excluding tert-OH is 1. The highest BCUT2D eigenvalue weighted by atomic mass is 16.3. The molecule has 0 radical (unpaired) electrons. The van der Waals surface area contributed by atoms with Crippen molar-refractivity contribution in [1.82, 2.24) is 4.90 Å². The summed E-state index contributed by atoms with van der Waals surface area (Å²) in [6.45, 7) is 1.52. The zero-order chi connectivity index (χ0) is 9.14. The molecule has 0 heterocycles. The Morgan fingerprint density at radius 3 is 2.42 bits per heavy atom. The van der Waals surface area contributed by atoms with Crippen LogP contribution in [0.3, 0.4) is 0 Å². The van der Waals surface area contributed by atoms with E-state index in [1.165, 1.54) is 19.8 Å². The molecule has 0 aromatic rings. The van der Waals surface area contributed by atoms with Crippen molar-refractivity contribution in [3.05, 3.63) is 0 Å². The average Bonchev–Trinajstić information content (AvgIpc) is 2.53. The van der Waals surface area contributed by atoms with Gasteiger partial charge in [-0.15, -0.1) is 0 Å². The van der Waals surface area contributed by atoms with Crippen LogP contribution >= 0.6 is 0 Å². The van der Waals surface area contributed by atoms with Gasteiger partial charge in [-0.3, -0.25) is 4.79 Å². The van der Waals surface area contributed by atoms with Crippen LogP contribution in [0, 0.1) is 0 Å². The van der Waals surface area contributed by atoms with Gasteiger partial charge in [0.05, 0.1) is 0 Å². The number of aliphatic hydroxyl groups is 1. The van der Waals surface area contributed by atoms with E-state index in [2.05, 4.69) is 0 Å². The summed E-state index contributed by atoms with van der Waals surface area (Å²) < 4.78 is 0. The highest BCUT2D eigenvalue weighted by Gasteiger charge is 2.25. The fourth-order valence-electron chi connectivity index (χ4n) is 1.77. The fourth-order valence-corrected chi connectivity index (χ4v) is 1.77. The number of carbonyl (C=O) groups is 1. The average molecular weight is 171 g/mol. The Morgan fingerprint density at radius 1 is 1.50 bits per heavy atom. The zero-order valence-corrected chi connectivity index (χ0v) is 7.79. The van der Waals surface area contributed by atoms with Crippen LogP contribution in [-0.4, -0.2) is 35.1 Å². The van der Waals surface area contributed by atoms with Gasteiger partial charge in [0.2, 0.25) is 0 Å². The van der Waals surface area contributed by atoms with Gasteiger partial charge in [-0.25, -0.2) is 0 Å². The number of nitrogens with zero attached hydrogens (tertiary/aromatic N) is 1. The normalized spacial score (nSPS) is 20.9. The lowest BCUT2D eigenvalue weighted by Gasteiger charge is -2.25. The SMILES string of the molecule is CC(O)C(=O)N(C)C1CCCC1. The Bertz CT molecular complexity index is 162. The van der Waals surface area contributed by atoms with E-state index in [4.69, 9.17) is 5.11 Å². The minimum absolute atomic E-state index is 0.151. The lowest BCUT2D eigenvalue weighted by atomic mass is 10.2. The Labute approximate surface area is 73.4 Å². The van der Waals surface area contributed by atoms with Crippen LogP contribution in [-0.2, 0) is 4.79 Å². The van der Waals surface area contributed by atoms with Crippen LogP contribution in [0.25, 0.3) is 0 Å². The largest absolute Gasteiger partial charge is 0.384 e. The molecule has 1 fully saturated rings. The number of likely N-dealkylation sites (N-methyl/N-ethyl adjacent to an activating group) is 1. The molecule has 1 amide bonds. The van der Waals surface area contributed by atoms with Gasteiger partial charge >= 0.3 is 0 Å². The first kappa shape index (κ1) is 9.52. The van der Waals surface area contributed by atoms with Crippen LogP contribution in [0.15, 0.2) is 0 Å². The predicted octanol–water partition coefficient (Wildman–Crippen LogP) is 0.768. The summed E-state index contributed by atoms with van der Waals surface area (Å²) in [4.78, 5) is 13.0. The van der Waals surface area contributed by atoms with E-state index in [0.29, 0.717) is 6.04 Å². The first-order valence-electron chi connectivity index (χ1n) is 4.57. The molecule has 1 rings (SSSR count). The van der Waals surface area contributed by atoms with Crippen molar-refractivity contribution in [2.45, 2.75) is 44.8 Å². The Kier molecular flexibility index (Phi) is 3.09. The van der Waals surface area contributed by atoms with E-state index < -0.39 is 6.10 Å². The summed E-state index contributed by atoms with van der Waals surface area (Å²) in [5.74, 6) is -0.151. The molecule has 1 N–H and O–H groups in total. The first-order chi connectivity index (χ1) is 5.63. The molecular weight excluding hydrogens is 154 g/mol. The van der Waals surface area contributed by atoms with Gasteiger partial charge in [-0.1, -0.05) is 12.8 Å². The van der Waals surface area contributed by atoms with E-state index in [9.17, 15) is 4.79 Å². The van der Waals surface area contributed by atoms with Crippen LogP contribution in [0.2, 0.25) is 0 Å². The van der Waals surface area contributed by atoms with E-state index in [-0.39, 0.29) is 5.91 Å². The summed E-state index contributed by atoms with van der Waals surface area (Å²) >= 11 is 0. The Morgan fingerprint density at radius 2 is 2.00 bits per heavy atom. The molecule has 1 unspecified atom stereocenters. The van der Waals surface area contributed by atoms with Gasteiger partial charge in [0, 0.05) is 13.1 Å². The maximum absolute atomic E-state index is 11.3. The van der Waals surface area contributed by atoms with Crippen molar-refractivity contribution in [2.24, 2.45) is 0 Å². The molecule has 1 aliphatic rings. The van der Waals surface area contributed by atoms with Crippen molar-refractivity contribution >= 4 is 5.91 Å². The third kappa shape index (κ3) is 1.97. The second-order valence-electron chi connectivity index (χ2n) is 3.56. The maximum Gasteiger partial charge on any atom is 0.251 e. The van der Waals surface area contributed by atoms with E-state index in [0.717, 1.165) is 12.8 Å². The molecular formula is C9H17NO2. The van der Waals surface area contributed by atoms with Crippen molar-refractivity contribution in [3.8, 4) is 0 Å². The van der Waals surface area contributed by atoms with Crippen LogP contribution in [0.5, 0.6) is 0 Å². The minimum Gasteiger partial charge on any atom is -0.384 e. The van der Waals surface area contributed by atoms with Crippen LogP contribution < -0.4 is 0 Å². The van der Waals surface area contributed by atoms with Gasteiger partial charge in [-0.2, -0.15) is 0 Å². The van der Waals surface area contributed by atoms with Gasteiger partial charge < -0.3 is 10.0 Å². The standard InChI is InChI=1S/C9H17NO2/c1-7(11)9(12)10(2)8-5-3-4-6-8/h7-8,11H,3-6H2,1-2H3. The third-order valence-electron chi connectivity index (χ3n) is 2.58. The monoisotopic (exact) mass is 171 g/mol. The topological polar surface area (TPSA) is 40.5 Å². The molecule has 1 aliphatic carbocycles. The van der Waals surface area contributed by atoms with Gasteiger partial charge in [0.1, 0.15) is 6.10 Å². The van der Waals surface area contributed by atoms with Crippen molar-refractivity contribution in [1.29, 1.82) is 0 Å². The van der Waals surface area contributed by atoms with E-state index in [1.807, 2.05) is 0 Å². The zero-order valence-electron chi connectivity index (χ0n) is 7.79. The number of amides is 1. The van der Waals surface area contributed by atoms with E-state index >= 15 is 0 Å². The van der Waals surface area contributed by atoms with Crippen molar-refractivity contribution < 1.29 is 9.90 Å². The smallest absolute Gasteiger partial charge is 0.251 e. The highest BCUT2D eigenvalue weighted by Crippen LogP contribution is 2.22. The second-order valence-corrected chi connectivity index (χ2v) is 3.56. The third-order valence-corrected chi connectivity index (χ3v) is 2.58. The van der Waals surface area contributed by atoms with Crippen LogP contribution in [0.4, 0.5) is 0 Å². The van der Waals surface area contributed by atoms with Gasteiger partial charge in [0.15, 0.2) is 0 Å². The number of carbonyl (C=O) groups excluding carboxylic acids is 1. The van der Waals surface area contributed by atoms with Crippen LogP contribution in [0.1, 0.15) is 32.6 Å². The second kappa shape index (κ2) is 3.90. The lowest BCUT2D eigenvalue weighted by Crippen LogP contribution is -2.40. The quantitative estimate of drug-likeness (QED) is 0.666. The van der Waals surface area contributed by atoms with Gasteiger partial charge in [-0.05, 0) is 19.8 Å². The van der Waals surface area contributed by atoms with Crippen molar-refractivity contribution in [3.63, 3.8) is 0 Å². The molecule has 0 aromatic heterocycles. The molecule has 1 atom stereocenters. The summed E-state index contributed by atoms with van der Waals surface area (Å²) in [5, 5.41) is 9.06. The summed E-state index contributed by atoms with van der Waals surface area (Å²) in [5.41, 5.74) is 0. The molecule has 0 spiro atoms. The van der Waals surface area contributed by atoms with Crippen molar-refractivity contribution in [2.75, 3.05) is 7.05 Å². The highest BCUT2D eigenvalue weighted by molar-refractivity contribution is 5.80. The lowest BCUT2D eigenvalue weighted by molar-refractivity contribution is -0.139. The molecule has 3 heteroatoms. The Hall–Kier alpha value is -0.570. The molecule has 0 saturated heterocycles. The first-order valence-corrected chi connectivity index (χ1v) is 4.57. The number of hydrogen-bond acceptors (Lipinski definition) is 2. The maximum atomic E-state index is 11.3. The summed E-state index contributed by atoms with van der Waals surface area (Å²) in [7, 11) is 1.78. The molecule has 1 saturated carbocycles.